The first-order valence-corrected chi connectivity index (χ1v) is 8.26. The van der Waals surface area contributed by atoms with Gasteiger partial charge in [-0.2, -0.15) is 0 Å². The van der Waals surface area contributed by atoms with Gasteiger partial charge in [0.15, 0.2) is 0 Å². The average Bonchev–Trinajstić information content (AvgIpc) is 2.47. The van der Waals surface area contributed by atoms with Gasteiger partial charge < -0.3 is 5.32 Å². The summed E-state index contributed by atoms with van der Waals surface area (Å²) < 4.78 is 25.9. The van der Waals surface area contributed by atoms with E-state index in [-0.39, 0.29) is 16.8 Å². The summed E-state index contributed by atoms with van der Waals surface area (Å²) in [7, 11) is -1.66. The van der Waals surface area contributed by atoms with Gasteiger partial charge in [-0.3, -0.25) is 9.00 Å². The molecule has 0 aliphatic heterocycles. The summed E-state index contributed by atoms with van der Waals surface area (Å²) >= 11 is 0. The molecular weight excluding hydrogens is 277 g/mol. The number of benzene rings is 1. The maximum absolute atomic E-state index is 13.6. The first-order valence-electron chi connectivity index (χ1n) is 7.05. The molecule has 1 amide bonds. The Kier molecular flexibility index (Phi) is 5.29. The lowest BCUT2D eigenvalue weighted by atomic mass is 9.95. The molecule has 0 saturated heterocycles. The summed E-state index contributed by atoms with van der Waals surface area (Å²) in [6, 6.07) is 6.08. The minimum atomic E-state index is -1.66. The molecule has 1 aromatic carbocycles. The van der Waals surface area contributed by atoms with E-state index in [1.165, 1.54) is 18.6 Å². The van der Waals surface area contributed by atoms with Gasteiger partial charge >= 0.3 is 0 Å². The quantitative estimate of drug-likeness (QED) is 0.929. The molecule has 0 aromatic heterocycles. The van der Waals surface area contributed by atoms with Crippen molar-refractivity contribution < 1.29 is 13.4 Å². The Labute approximate surface area is 121 Å². The molecule has 110 valence electrons. The van der Waals surface area contributed by atoms with Crippen LogP contribution in [0.1, 0.15) is 39.0 Å². The van der Waals surface area contributed by atoms with Crippen LogP contribution in [-0.4, -0.2) is 21.4 Å². The number of hydrogen-bond acceptors (Lipinski definition) is 2. The Bertz CT molecular complexity index is 500. The van der Waals surface area contributed by atoms with Gasteiger partial charge in [-0.05, 0) is 31.9 Å². The molecule has 20 heavy (non-hydrogen) atoms. The summed E-state index contributed by atoms with van der Waals surface area (Å²) in [5.41, 5.74) is 0. The normalized spacial score (nSPS) is 19.3. The molecule has 0 bridgehead atoms. The third-order valence-electron chi connectivity index (χ3n) is 3.70. The standard InChI is InChI=1S/C15H20FNO2S/c1-11(15(18)17-12-7-3-2-4-8-12)20(19)14-10-6-5-9-13(14)16/h5-6,9-12H,2-4,7-8H2,1H3,(H,17,18). The van der Waals surface area contributed by atoms with Crippen LogP contribution in [-0.2, 0) is 15.6 Å². The topological polar surface area (TPSA) is 46.2 Å². The van der Waals surface area contributed by atoms with E-state index in [9.17, 15) is 13.4 Å². The summed E-state index contributed by atoms with van der Waals surface area (Å²) in [5.74, 6) is -0.776. The molecule has 2 rings (SSSR count). The van der Waals surface area contributed by atoms with E-state index in [2.05, 4.69) is 5.32 Å². The van der Waals surface area contributed by atoms with Crippen molar-refractivity contribution >= 4 is 16.7 Å². The Morgan fingerprint density at radius 3 is 2.60 bits per heavy atom. The molecule has 1 aromatic rings. The van der Waals surface area contributed by atoms with Crippen LogP contribution in [0.3, 0.4) is 0 Å². The maximum atomic E-state index is 13.6. The van der Waals surface area contributed by atoms with Crippen LogP contribution in [0.15, 0.2) is 29.2 Å². The van der Waals surface area contributed by atoms with Gasteiger partial charge in [-0.15, -0.1) is 0 Å². The van der Waals surface area contributed by atoms with Crippen molar-refractivity contribution in [3.05, 3.63) is 30.1 Å². The maximum Gasteiger partial charge on any atom is 0.236 e. The van der Waals surface area contributed by atoms with Crippen molar-refractivity contribution in [3.8, 4) is 0 Å². The van der Waals surface area contributed by atoms with E-state index >= 15 is 0 Å². The fourth-order valence-electron chi connectivity index (χ4n) is 2.46. The van der Waals surface area contributed by atoms with E-state index in [4.69, 9.17) is 0 Å². The molecule has 1 aliphatic rings. The molecule has 5 heteroatoms. The monoisotopic (exact) mass is 297 g/mol. The molecule has 0 heterocycles. The largest absolute Gasteiger partial charge is 0.352 e. The van der Waals surface area contributed by atoms with Crippen molar-refractivity contribution in [1.29, 1.82) is 0 Å². The van der Waals surface area contributed by atoms with Gasteiger partial charge in [0.1, 0.15) is 11.1 Å². The van der Waals surface area contributed by atoms with E-state index < -0.39 is 21.9 Å². The second-order valence-corrected chi connectivity index (χ2v) is 6.96. The van der Waals surface area contributed by atoms with Crippen molar-refractivity contribution in [3.63, 3.8) is 0 Å². The van der Waals surface area contributed by atoms with Crippen LogP contribution in [0.5, 0.6) is 0 Å². The molecule has 0 spiro atoms. The molecular formula is C15H20FNO2S. The average molecular weight is 297 g/mol. The number of carbonyl (C=O) groups is 1. The SMILES string of the molecule is CC(C(=O)NC1CCCCC1)S(=O)c1ccccc1F. The smallest absolute Gasteiger partial charge is 0.236 e. The molecule has 2 unspecified atom stereocenters. The molecule has 1 fully saturated rings. The predicted octanol–water partition coefficient (Wildman–Crippen LogP) is 2.77. The van der Waals surface area contributed by atoms with E-state index in [0.29, 0.717) is 0 Å². The van der Waals surface area contributed by atoms with E-state index in [1.807, 2.05) is 0 Å². The number of nitrogens with one attached hydrogen (secondary N) is 1. The highest BCUT2D eigenvalue weighted by molar-refractivity contribution is 7.86. The Morgan fingerprint density at radius 2 is 1.95 bits per heavy atom. The van der Waals surface area contributed by atoms with Gasteiger partial charge in [0, 0.05) is 6.04 Å². The summed E-state index contributed by atoms with van der Waals surface area (Å²) in [6.07, 6.45) is 5.41. The second kappa shape index (κ2) is 6.97. The Morgan fingerprint density at radius 1 is 1.30 bits per heavy atom. The summed E-state index contributed by atoms with van der Waals surface area (Å²) in [5, 5.41) is 2.19. The number of halogens is 1. The zero-order valence-corrected chi connectivity index (χ0v) is 12.4. The zero-order chi connectivity index (χ0) is 14.5. The van der Waals surface area contributed by atoms with Crippen molar-refractivity contribution in [2.24, 2.45) is 0 Å². The van der Waals surface area contributed by atoms with Crippen LogP contribution >= 0.6 is 0 Å². The first-order chi connectivity index (χ1) is 9.59. The predicted molar refractivity (Wildman–Crippen MR) is 77.3 cm³/mol. The van der Waals surface area contributed by atoms with E-state index in [0.717, 1.165) is 25.7 Å². The van der Waals surface area contributed by atoms with Crippen molar-refractivity contribution in [1.82, 2.24) is 5.32 Å². The molecule has 1 N–H and O–H groups in total. The van der Waals surface area contributed by atoms with Crippen LogP contribution in [0, 0.1) is 5.82 Å². The van der Waals surface area contributed by atoms with Gasteiger partial charge in [0.2, 0.25) is 5.91 Å². The van der Waals surface area contributed by atoms with Gasteiger partial charge in [0.25, 0.3) is 0 Å². The van der Waals surface area contributed by atoms with Gasteiger partial charge in [0.05, 0.1) is 15.7 Å². The third kappa shape index (κ3) is 3.66. The number of rotatable bonds is 4. The highest BCUT2D eigenvalue weighted by Gasteiger charge is 2.25. The fraction of sp³-hybridized carbons (Fsp3) is 0.533. The molecule has 1 aliphatic carbocycles. The van der Waals surface area contributed by atoms with Gasteiger partial charge in [-0.25, -0.2) is 4.39 Å². The lowest BCUT2D eigenvalue weighted by Crippen LogP contribution is -2.42. The van der Waals surface area contributed by atoms with Crippen molar-refractivity contribution in [2.75, 3.05) is 0 Å². The van der Waals surface area contributed by atoms with Crippen LogP contribution in [0.25, 0.3) is 0 Å². The Balaban J connectivity index is 1.99. The lowest BCUT2D eigenvalue weighted by Gasteiger charge is -2.24. The highest BCUT2D eigenvalue weighted by atomic mass is 32.2. The fourth-order valence-corrected chi connectivity index (χ4v) is 3.58. The molecule has 2 atom stereocenters. The molecule has 3 nitrogen and oxygen atoms in total. The minimum Gasteiger partial charge on any atom is -0.352 e. The zero-order valence-electron chi connectivity index (χ0n) is 11.6. The van der Waals surface area contributed by atoms with Crippen LogP contribution in [0.2, 0.25) is 0 Å². The van der Waals surface area contributed by atoms with Crippen LogP contribution in [0.4, 0.5) is 4.39 Å². The summed E-state index contributed by atoms with van der Waals surface area (Å²) in [4.78, 5) is 12.2. The third-order valence-corrected chi connectivity index (χ3v) is 5.32. The lowest BCUT2D eigenvalue weighted by molar-refractivity contribution is -0.121. The second-order valence-electron chi connectivity index (χ2n) is 5.21. The highest BCUT2D eigenvalue weighted by Crippen LogP contribution is 2.19. The van der Waals surface area contributed by atoms with Crippen molar-refractivity contribution in [2.45, 2.75) is 55.2 Å². The number of amides is 1. The summed E-state index contributed by atoms with van der Waals surface area (Å²) in [6.45, 7) is 1.58. The number of carbonyl (C=O) groups excluding carboxylic acids is 1. The van der Waals surface area contributed by atoms with Crippen LogP contribution < -0.4 is 5.32 Å². The first kappa shape index (κ1) is 15.2. The number of hydrogen-bond donors (Lipinski definition) is 1. The molecule has 0 radical (unpaired) electrons. The molecule has 1 saturated carbocycles. The van der Waals surface area contributed by atoms with E-state index in [1.54, 1.807) is 19.1 Å². The Hall–Kier alpha value is -1.23. The minimum absolute atomic E-state index is 0.0961. The van der Waals surface area contributed by atoms with Gasteiger partial charge in [-0.1, -0.05) is 31.4 Å².